The lowest BCUT2D eigenvalue weighted by Crippen LogP contribution is -2.41. The molecule has 2 unspecified atom stereocenters. The van der Waals surface area contributed by atoms with Gasteiger partial charge in [-0.1, -0.05) is 0 Å². The molecule has 5 nitrogen and oxygen atoms in total. The number of aromatic nitrogens is 1. The molecule has 0 spiro atoms. The zero-order valence-corrected chi connectivity index (χ0v) is 11.1. The van der Waals surface area contributed by atoms with Gasteiger partial charge in [0.1, 0.15) is 5.82 Å². The maximum Gasteiger partial charge on any atom is 0.251 e. The van der Waals surface area contributed by atoms with Crippen molar-refractivity contribution in [3.8, 4) is 0 Å². The van der Waals surface area contributed by atoms with Crippen LogP contribution in [0.15, 0.2) is 18.3 Å². The van der Waals surface area contributed by atoms with E-state index in [1.165, 1.54) is 12.8 Å². The fraction of sp³-hybridized carbons (Fsp3) is 0.571. The standard InChI is InChI=1S/C14H19N3O2/c1-15-12-8-10(4-6-16-12)14(18)17-11-5-7-19-13(11)9-2-3-9/h4,6,8-9,11,13H,2-3,5,7H2,1H3,(H,15,16)(H,17,18). The number of carbonyl (C=O) groups is 1. The molecule has 0 bridgehead atoms. The van der Waals surface area contributed by atoms with Crippen LogP contribution in [0, 0.1) is 5.92 Å². The van der Waals surface area contributed by atoms with Crippen molar-refractivity contribution < 1.29 is 9.53 Å². The summed E-state index contributed by atoms with van der Waals surface area (Å²) in [6.07, 6.45) is 5.24. The summed E-state index contributed by atoms with van der Waals surface area (Å²) in [5.74, 6) is 1.31. The van der Waals surface area contributed by atoms with Gasteiger partial charge in [-0.2, -0.15) is 0 Å². The van der Waals surface area contributed by atoms with Crippen molar-refractivity contribution >= 4 is 11.7 Å². The number of nitrogens with one attached hydrogen (secondary N) is 2. The maximum atomic E-state index is 12.2. The zero-order chi connectivity index (χ0) is 13.2. The summed E-state index contributed by atoms with van der Waals surface area (Å²) in [5, 5.41) is 6.04. The van der Waals surface area contributed by atoms with Gasteiger partial charge in [-0.15, -0.1) is 0 Å². The van der Waals surface area contributed by atoms with E-state index in [9.17, 15) is 4.79 Å². The largest absolute Gasteiger partial charge is 0.376 e. The Labute approximate surface area is 112 Å². The zero-order valence-electron chi connectivity index (χ0n) is 11.1. The minimum atomic E-state index is -0.0416. The lowest BCUT2D eigenvalue weighted by atomic mass is 10.1. The molecule has 1 aromatic heterocycles. The molecule has 1 aromatic rings. The van der Waals surface area contributed by atoms with E-state index in [2.05, 4.69) is 15.6 Å². The van der Waals surface area contributed by atoms with Crippen molar-refractivity contribution in [2.75, 3.05) is 19.0 Å². The van der Waals surface area contributed by atoms with Crippen molar-refractivity contribution in [3.05, 3.63) is 23.9 Å². The van der Waals surface area contributed by atoms with Crippen LogP contribution in [0.4, 0.5) is 5.82 Å². The van der Waals surface area contributed by atoms with Gasteiger partial charge in [0.05, 0.1) is 12.1 Å². The highest BCUT2D eigenvalue weighted by Gasteiger charge is 2.41. The molecule has 2 atom stereocenters. The SMILES string of the molecule is CNc1cc(C(=O)NC2CCOC2C2CC2)ccn1. The second kappa shape index (κ2) is 5.17. The van der Waals surface area contributed by atoms with E-state index < -0.39 is 0 Å². The number of amides is 1. The first kappa shape index (κ1) is 12.4. The first-order valence-corrected chi connectivity index (χ1v) is 6.84. The molecule has 5 heteroatoms. The molecule has 2 fully saturated rings. The minimum Gasteiger partial charge on any atom is -0.376 e. The summed E-state index contributed by atoms with van der Waals surface area (Å²) in [7, 11) is 1.79. The van der Waals surface area contributed by atoms with E-state index >= 15 is 0 Å². The Morgan fingerprint density at radius 2 is 2.26 bits per heavy atom. The third-order valence-electron chi connectivity index (χ3n) is 3.82. The molecule has 1 aliphatic carbocycles. The van der Waals surface area contributed by atoms with E-state index in [1.807, 2.05) is 0 Å². The van der Waals surface area contributed by atoms with E-state index in [0.29, 0.717) is 17.3 Å². The topological polar surface area (TPSA) is 63.2 Å². The van der Waals surface area contributed by atoms with Gasteiger partial charge < -0.3 is 15.4 Å². The Kier molecular flexibility index (Phi) is 3.38. The summed E-state index contributed by atoms with van der Waals surface area (Å²) in [6, 6.07) is 3.65. The number of pyridine rings is 1. The van der Waals surface area contributed by atoms with Crippen molar-refractivity contribution in [1.29, 1.82) is 0 Å². The average Bonchev–Trinajstić information content (AvgIpc) is 3.19. The van der Waals surface area contributed by atoms with E-state index in [-0.39, 0.29) is 18.1 Å². The van der Waals surface area contributed by atoms with Crippen LogP contribution in [0.2, 0.25) is 0 Å². The van der Waals surface area contributed by atoms with Gasteiger partial charge in [-0.25, -0.2) is 4.98 Å². The van der Waals surface area contributed by atoms with E-state index in [1.54, 1.807) is 25.4 Å². The third-order valence-corrected chi connectivity index (χ3v) is 3.82. The predicted molar refractivity (Wildman–Crippen MR) is 72.1 cm³/mol. The Hall–Kier alpha value is -1.62. The molecule has 1 saturated carbocycles. The second-order valence-corrected chi connectivity index (χ2v) is 5.22. The number of carbonyl (C=O) groups excluding carboxylic acids is 1. The average molecular weight is 261 g/mol. The van der Waals surface area contributed by atoms with Gasteiger partial charge in [-0.3, -0.25) is 4.79 Å². The molecule has 2 heterocycles. The number of hydrogen-bond acceptors (Lipinski definition) is 4. The summed E-state index contributed by atoms with van der Waals surface area (Å²) in [4.78, 5) is 16.3. The lowest BCUT2D eigenvalue weighted by Gasteiger charge is -2.19. The quantitative estimate of drug-likeness (QED) is 0.860. The van der Waals surface area contributed by atoms with E-state index in [4.69, 9.17) is 4.74 Å². The molecule has 102 valence electrons. The molecule has 1 aliphatic heterocycles. The van der Waals surface area contributed by atoms with E-state index in [0.717, 1.165) is 13.0 Å². The summed E-state index contributed by atoms with van der Waals surface area (Å²) < 4.78 is 5.73. The molecule has 3 rings (SSSR count). The molecule has 19 heavy (non-hydrogen) atoms. The molecule has 1 saturated heterocycles. The van der Waals surface area contributed by atoms with Gasteiger partial charge in [0.25, 0.3) is 5.91 Å². The van der Waals surface area contributed by atoms with Crippen molar-refractivity contribution in [3.63, 3.8) is 0 Å². The van der Waals surface area contributed by atoms with Crippen LogP contribution in [0.5, 0.6) is 0 Å². The Morgan fingerprint density at radius 1 is 1.42 bits per heavy atom. The van der Waals surface area contributed by atoms with Gasteiger partial charge in [0, 0.05) is 25.4 Å². The second-order valence-electron chi connectivity index (χ2n) is 5.22. The van der Waals surface area contributed by atoms with Crippen LogP contribution in [0.25, 0.3) is 0 Å². The highest BCUT2D eigenvalue weighted by atomic mass is 16.5. The number of rotatable bonds is 4. The van der Waals surface area contributed by atoms with Gasteiger partial charge in [-0.05, 0) is 37.3 Å². The van der Waals surface area contributed by atoms with Crippen molar-refractivity contribution in [2.45, 2.75) is 31.4 Å². The smallest absolute Gasteiger partial charge is 0.251 e. The summed E-state index contributed by atoms with van der Waals surface area (Å²) >= 11 is 0. The van der Waals surface area contributed by atoms with Gasteiger partial charge in [0.2, 0.25) is 0 Å². The predicted octanol–water partition coefficient (Wildman–Crippen LogP) is 1.42. The van der Waals surface area contributed by atoms with Crippen LogP contribution < -0.4 is 10.6 Å². The van der Waals surface area contributed by atoms with Crippen LogP contribution in [0.3, 0.4) is 0 Å². The normalized spacial score (nSPS) is 26.2. The third kappa shape index (κ3) is 2.71. The van der Waals surface area contributed by atoms with Crippen LogP contribution >= 0.6 is 0 Å². The summed E-state index contributed by atoms with van der Waals surface area (Å²) in [6.45, 7) is 0.754. The highest BCUT2D eigenvalue weighted by Crippen LogP contribution is 2.38. The molecule has 2 N–H and O–H groups in total. The fourth-order valence-corrected chi connectivity index (χ4v) is 2.62. The summed E-state index contributed by atoms with van der Waals surface area (Å²) in [5.41, 5.74) is 0.640. The Bertz CT molecular complexity index is 474. The molecule has 0 radical (unpaired) electrons. The minimum absolute atomic E-state index is 0.0416. The number of nitrogens with zero attached hydrogens (tertiary/aromatic N) is 1. The van der Waals surface area contributed by atoms with Crippen molar-refractivity contribution in [2.24, 2.45) is 5.92 Å². The fourth-order valence-electron chi connectivity index (χ4n) is 2.62. The number of hydrogen-bond donors (Lipinski definition) is 2. The Balaban J connectivity index is 1.66. The molecular formula is C14H19N3O2. The molecule has 2 aliphatic rings. The first-order valence-electron chi connectivity index (χ1n) is 6.84. The van der Waals surface area contributed by atoms with Crippen LogP contribution in [-0.4, -0.2) is 36.7 Å². The van der Waals surface area contributed by atoms with Crippen molar-refractivity contribution in [1.82, 2.24) is 10.3 Å². The Morgan fingerprint density at radius 3 is 3.00 bits per heavy atom. The van der Waals surface area contributed by atoms with Gasteiger partial charge in [0.15, 0.2) is 0 Å². The van der Waals surface area contributed by atoms with Crippen LogP contribution in [0.1, 0.15) is 29.6 Å². The first-order chi connectivity index (χ1) is 9.28. The molecular weight excluding hydrogens is 242 g/mol. The van der Waals surface area contributed by atoms with Gasteiger partial charge >= 0.3 is 0 Å². The molecule has 0 aromatic carbocycles. The lowest BCUT2D eigenvalue weighted by molar-refractivity contribution is 0.0729. The molecule has 1 amide bonds. The maximum absolute atomic E-state index is 12.2. The highest BCUT2D eigenvalue weighted by molar-refractivity contribution is 5.95. The monoisotopic (exact) mass is 261 g/mol. The van der Waals surface area contributed by atoms with Crippen LogP contribution in [-0.2, 0) is 4.74 Å². The number of ether oxygens (including phenoxy) is 1. The number of anilines is 1.